The number of hydrogen-bond acceptors (Lipinski definition) is 2. The average molecular weight is 237 g/mol. The third kappa shape index (κ3) is 1.84. The molecular formula is C14H11N3O. The van der Waals surface area contributed by atoms with Gasteiger partial charge in [-0.1, -0.05) is 36.4 Å². The van der Waals surface area contributed by atoms with E-state index in [2.05, 4.69) is 15.5 Å². The maximum Gasteiger partial charge on any atom is 0.256 e. The molecule has 0 spiro atoms. The summed E-state index contributed by atoms with van der Waals surface area (Å²) in [7, 11) is 0. The Labute approximate surface area is 104 Å². The molecule has 4 heteroatoms. The summed E-state index contributed by atoms with van der Waals surface area (Å²) in [5.41, 5.74) is 1.32. The van der Waals surface area contributed by atoms with Crippen LogP contribution in [0.3, 0.4) is 0 Å². The van der Waals surface area contributed by atoms with Gasteiger partial charge in [-0.15, -0.1) is 0 Å². The van der Waals surface area contributed by atoms with Crippen LogP contribution in [0.15, 0.2) is 54.9 Å². The van der Waals surface area contributed by atoms with Gasteiger partial charge in [0.15, 0.2) is 0 Å². The number of amides is 1. The zero-order valence-corrected chi connectivity index (χ0v) is 9.55. The SMILES string of the molecule is O=C(Nc1cn[nH]c1)c1cccc2ccccc12. The third-order valence-electron chi connectivity index (χ3n) is 2.79. The predicted octanol–water partition coefficient (Wildman–Crippen LogP) is 2.82. The number of fused-ring (bicyclic) bond motifs is 1. The molecule has 1 aromatic heterocycles. The molecule has 3 rings (SSSR count). The highest BCUT2D eigenvalue weighted by Gasteiger charge is 2.09. The number of aromatic nitrogens is 2. The summed E-state index contributed by atoms with van der Waals surface area (Å²) in [6.07, 6.45) is 3.21. The van der Waals surface area contributed by atoms with Gasteiger partial charge in [-0.05, 0) is 16.8 Å². The van der Waals surface area contributed by atoms with Crippen molar-refractivity contribution < 1.29 is 4.79 Å². The van der Waals surface area contributed by atoms with Crippen LogP contribution in [0.25, 0.3) is 10.8 Å². The fourth-order valence-electron chi connectivity index (χ4n) is 1.94. The molecule has 2 N–H and O–H groups in total. The molecule has 18 heavy (non-hydrogen) atoms. The number of H-pyrrole nitrogens is 1. The molecule has 0 aliphatic heterocycles. The van der Waals surface area contributed by atoms with E-state index in [-0.39, 0.29) is 5.91 Å². The fourth-order valence-corrected chi connectivity index (χ4v) is 1.94. The van der Waals surface area contributed by atoms with E-state index in [1.165, 1.54) is 0 Å². The van der Waals surface area contributed by atoms with Crippen LogP contribution in [0.1, 0.15) is 10.4 Å². The van der Waals surface area contributed by atoms with Crippen LogP contribution in [-0.4, -0.2) is 16.1 Å². The van der Waals surface area contributed by atoms with Gasteiger partial charge in [-0.25, -0.2) is 0 Å². The maximum atomic E-state index is 12.2. The monoisotopic (exact) mass is 237 g/mol. The van der Waals surface area contributed by atoms with Gasteiger partial charge >= 0.3 is 0 Å². The largest absolute Gasteiger partial charge is 0.319 e. The molecule has 1 amide bonds. The second kappa shape index (κ2) is 4.33. The zero-order valence-electron chi connectivity index (χ0n) is 9.55. The second-order valence-corrected chi connectivity index (χ2v) is 3.97. The molecule has 0 unspecified atom stereocenters. The van der Waals surface area contributed by atoms with Gasteiger partial charge in [-0.3, -0.25) is 9.89 Å². The first-order valence-electron chi connectivity index (χ1n) is 5.62. The smallest absolute Gasteiger partial charge is 0.256 e. The lowest BCUT2D eigenvalue weighted by molar-refractivity contribution is 0.102. The molecule has 0 bridgehead atoms. The van der Waals surface area contributed by atoms with Crippen molar-refractivity contribution in [3.63, 3.8) is 0 Å². The van der Waals surface area contributed by atoms with Crippen LogP contribution in [0.4, 0.5) is 5.69 Å². The van der Waals surface area contributed by atoms with Crippen LogP contribution in [-0.2, 0) is 0 Å². The zero-order chi connectivity index (χ0) is 12.4. The van der Waals surface area contributed by atoms with E-state index < -0.39 is 0 Å². The summed E-state index contributed by atoms with van der Waals surface area (Å²) in [5.74, 6) is -0.131. The number of nitrogens with one attached hydrogen (secondary N) is 2. The lowest BCUT2D eigenvalue weighted by Crippen LogP contribution is -2.11. The molecule has 0 aliphatic rings. The van der Waals surface area contributed by atoms with Crippen LogP contribution in [0.2, 0.25) is 0 Å². The summed E-state index contributed by atoms with van der Waals surface area (Å²) in [6, 6.07) is 13.5. The summed E-state index contributed by atoms with van der Waals surface area (Å²) < 4.78 is 0. The maximum absolute atomic E-state index is 12.2. The predicted molar refractivity (Wildman–Crippen MR) is 70.5 cm³/mol. The summed E-state index contributed by atoms with van der Waals surface area (Å²) in [6.45, 7) is 0. The molecule has 1 heterocycles. The van der Waals surface area contributed by atoms with Crippen molar-refractivity contribution in [1.29, 1.82) is 0 Å². The number of nitrogens with zero attached hydrogens (tertiary/aromatic N) is 1. The van der Waals surface area contributed by atoms with Crippen molar-refractivity contribution in [2.24, 2.45) is 0 Å². The van der Waals surface area contributed by atoms with Crippen molar-refractivity contribution in [3.8, 4) is 0 Å². The molecule has 0 atom stereocenters. The van der Waals surface area contributed by atoms with Crippen molar-refractivity contribution in [1.82, 2.24) is 10.2 Å². The Hall–Kier alpha value is -2.62. The van der Waals surface area contributed by atoms with Crippen LogP contribution >= 0.6 is 0 Å². The summed E-state index contributed by atoms with van der Waals surface area (Å²) in [5, 5.41) is 11.2. The molecule has 88 valence electrons. The molecular weight excluding hydrogens is 226 g/mol. The van der Waals surface area contributed by atoms with Crippen molar-refractivity contribution in [2.45, 2.75) is 0 Å². The van der Waals surface area contributed by atoms with Gasteiger partial charge < -0.3 is 5.32 Å². The Bertz CT molecular complexity index is 684. The van der Waals surface area contributed by atoms with E-state index in [0.29, 0.717) is 11.3 Å². The highest BCUT2D eigenvalue weighted by molar-refractivity contribution is 6.12. The Balaban J connectivity index is 2.01. The van der Waals surface area contributed by atoms with Crippen LogP contribution in [0, 0.1) is 0 Å². The number of carbonyl (C=O) groups excluding carboxylic acids is 1. The third-order valence-corrected chi connectivity index (χ3v) is 2.79. The first kappa shape index (κ1) is 10.5. The van der Waals surface area contributed by atoms with E-state index in [0.717, 1.165) is 10.8 Å². The summed E-state index contributed by atoms with van der Waals surface area (Å²) in [4.78, 5) is 12.2. The van der Waals surface area contributed by atoms with Crippen molar-refractivity contribution in [3.05, 3.63) is 60.4 Å². The Morgan fingerprint density at radius 1 is 1.11 bits per heavy atom. The number of hydrogen-bond donors (Lipinski definition) is 2. The molecule has 0 saturated heterocycles. The minimum absolute atomic E-state index is 0.131. The Morgan fingerprint density at radius 3 is 2.78 bits per heavy atom. The number of benzene rings is 2. The van der Waals surface area contributed by atoms with Gasteiger partial charge in [0.25, 0.3) is 5.91 Å². The number of rotatable bonds is 2. The van der Waals surface area contributed by atoms with E-state index in [1.807, 2.05) is 42.5 Å². The average Bonchev–Trinajstić information content (AvgIpc) is 2.91. The fraction of sp³-hybridized carbons (Fsp3) is 0. The van der Waals surface area contributed by atoms with Gasteiger partial charge in [-0.2, -0.15) is 5.10 Å². The lowest BCUT2D eigenvalue weighted by Gasteiger charge is -2.06. The molecule has 0 aliphatic carbocycles. The number of carbonyl (C=O) groups is 1. The molecule has 2 aromatic carbocycles. The van der Waals surface area contributed by atoms with Crippen molar-refractivity contribution >= 4 is 22.4 Å². The minimum atomic E-state index is -0.131. The van der Waals surface area contributed by atoms with Gasteiger partial charge in [0, 0.05) is 11.8 Å². The molecule has 0 saturated carbocycles. The summed E-state index contributed by atoms with van der Waals surface area (Å²) >= 11 is 0. The lowest BCUT2D eigenvalue weighted by atomic mass is 10.0. The van der Waals surface area contributed by atoms with E-state index in [9.17, 15) is 4.79 Å². The Kier molecular flexibility index (Phi) is 2.53. The Morgan fingerprint density at radius 2 is 1.94 bits per heavy atom. The number of anilines is 1. The van der Waals surface area contributed by atoms with Crippen molar-refractivity contribution in [2.75, 3.05) is 5.32 Å². The molecule has 0 radical (unpaired) electrons. The van der Waals surface area contributed by atoms with E-state index >= 15 is 0 Å². The van der Waals surface area contributed by atoms with Gasteiger partial charge in [0.1, 0.15) is 0 Å². The van der Waals surface area contributed by atoms with E-state index in [1.54, 1.807) is 12.4 Å². The molecule has 0 fully saturated rings. The standard InChI is InChI=1S/C14H11N3O/c18-14(17-11-8-15-16-9-11)13-7-3-5-10-4-1-2-6-12(10)13/h1-9H,(H,15,16)(H,17,18). The highest BCUT2D eigenvalue weighted by atomic mass is 16.1. The number of aromatic amines is 1. The first-order chi connectivity index (χ1) is 8.84. The van der Waals surface area contributed by atoms with Crippen LogP contribution < -0.4 is 5.32 Å². The van der Waals surface area contributed by atoms with Crippen LogP contribution in [0.5, 0.6) is 0 Å². The normalized spacial score (nSPS) is 10.4. The minimum Gasteiger partial charge on any atom is -0.319 e. The quantitative estimate of drug-likeness (QED) is 0.720. The second-order valence-electron chi connectivity index (χ2n) is 3.97. The van der Waals surface area contributed by atoms with E-state index in [4.69, 9.17) is 0 Å². The topological polar surface area (TPSA) is 57.8 Å². The van der Waals surface area contributed by atoms with Gasteiger partial charge in [0.2, 0.25) is 0 Å². The molecule has 3 aromatic rings. The molecule has 4 nitrogen and oxygen atoms in total. The highest BCUT2D eigenvalue weighted by Crippen LogP contribution is 2.19. The van der Waals surface area contributed by atoms with Gasteiger partial charge in [0.05, 0.1) is 11.9 Å². The first-order valence-corrected chi connectivity index (χ1v) is 5.62.